The van der Waals surface area contributed by atoms with E-state index in [1.165, 1.54) is 4.90 Å². The monoisotopic (exact) mass is 331 g/mol. The van der Waals surface area contributed by atoms with Gasteiger partial charge in [0.1, 0.15) is 0 Å². The van der Waals surface area contributed by atoms with E-state index in [1.807, 2.05) is 0 Å². The first-order valence-electron chi connectivity index (χ1n) is 7.18. The number of carbonyl (C=O) groups excluding carboxylic acids is 2. The predicted octanol–water partition coefficient (Wildman–Crippen LogP) is 3.61. The molecular weight excluding hydrogens is 314 g/mol. The first-order valence-corrected chi connectivity index (χ1v) is 7.56. The fraction of sp³-hybridized carbons (Fsp3) is 0.235. The van der Waals surface area contributed by atoms with Crippen molar-refractivity contribution >= 4 is 34.8 Å². The number of benzene rings is 1. The summed E-state index contributed by atoms with van der Waals surface area (Å²) in [5, 5.41) is 3.12. The maximum atomic E-state index is 12.6. The third-order valence-corrected chi connectivity index (χ3v) is 3.66. The molecule has 0 aliphatic heterocycles. The largest absolute Gasteiger partial charge is 0.325 e. The molecule has 0 spiro atoms. The summed E-state index contributed by atoms with van der Waals surface area (Å²) in [7, 11) is 1.67. The number of rotatable bonds is 4. The number of aromatic nitrogens is 1. The molecule has 0 radical (unpaired) electrons. The highest BCUT2D eigenvalue weighted by Gasteiger charge is 2.16. The Labute approximate surface area is 140 Å². The molecule has 5 nitrogen and oxygen atoms in total. The van der Waals surface area contributed by atoms with E-state index in [4.69, 9.17) is 11.6 Å². The minimum absolute atomic E-state index is 0.155. The number of hydrogen-bond acceptors (Lipinski definition) is 3. The van der Waals surface area contributed by atoms with Crippen LogP contribution in [0.15, 0.2) is 42.7 Å². The summed E-state index contributed by atoms with van der Waals surface area (Å²) < 4.78 is 0. The molecule has 0 unspecified atom stereocenters. The van der Waals surface area contributed by atoms with Gasteiger partial charge in [-0.1, -0.05) is 25.4 Å². The van der Waals surface area contributed by atoms with Gasteiger partial charge in [0.25, 0.3) is 5.91 Å². The van der Waals surface area contributed by atoms with Crippen LogP contribution in [0.1, 0.15) is 24.2 Å². The van der Waals surface area contributed by atoms with Crippen molar-refractivity contribution in [2.75, 3.05) is 17.3 Å². The van der Waals surface area contributed by atoms with E-state index >= 15 is 0 Å². The fourth-order valence-corrected chi connectivity index (χ4v) is 2.06. The molecule has 0 aliphatic carbocycles. The molecule has 2 aromatic rings. The van der Waals surface area contributed by atoms with Gasteiger partial charge in [0.2, 0.25) is 5.91 Å². The normalized spacial score (nSPS) is 10.5. The molecule has 0 atom stereocenters. The Morgan fingerprint density at radius 1 is 1.26 bits per heavy atom. The lowest BCUT2D eigenvalue weighted by Gasteiger charge is -2.18. The lowest BCUT2D eigenvalue weighted by Crippen LogP contribution is -2.26. The number of amides is 2. The highest BCUT2D eigenvalue weighted by molar-refractivity contribution is 6.34. The molecule has 1 N–H and O–H groups in total. The molecule has 2 amide bonds. The van der Waals surface area contributed by atoms with Crippen LogP contribution in [0.2, 0.25) is 5.02 Å². The highest BCUT2D eigenvalue weighted by atomic mass is 35.5. The molecule has 0 fully saturated rings. The smallest absolute Gasteiger partial charge is 0.258 e. The number of hydrogen-bond donors (Lipinski definition) is 1. The molecule has 1 heterocycles. The van der Waals surface area contributed by atoms with E-state index in [9.17, 15) is 9.59 Å². The van der Waals surface area contributed by atoms with Gasteiger partial charge in [0, 0.05) is 24.7 Å². The average Bonchev–Trinajstić information content (AvgIpc) is 2.56. The van der Waals surface area contributed by atoms with Crippen molar-refractivity contribution in [1.82, 2.24) is 4.98 Å². The first kappa shape index (κ1) is 17.0. The SMILES string of the molecule is CC(C)C(=O)Nc1cc(C(=O)N(C)c2cccnc2)ccc1Cl. The van der Waals surface area contributed by atoms with E-state index in [2.05, 4.69) is 10.3 Å². The van der Waals surface area contributed by atoms with Crippen molar-refractivity contribution in [3.8, 4) is 0 Å². The third kappa shape index (κ3) is 4.07. The van der Waals surface area contributed by atoms with Crippen molar-refractivity contribution in [2.45, 2.75) is 13.8 Å². The van der Waals surface area contributed by atoms with Crippen molar-refractivity contribution in [3.05, 3.63) is 53.3 Å². The quantitative estimate of drug-likeness (QED) is 0.931. The lowest BCUT2D eigenvalue weighted by atomic mass is 10.1. The van der Waals surface area contributed by atoms with E-state index in [0.29, 0.717) is 22.0 Å². The molecule has 23 heavy (non-hydrogen) atoms. The minimum Gasteiger partial charge on any atom is -0.325 e. The summed E-state index contributed by atoms with van der Waals surface area (Å²) in [4.78, 5) is 29.9. The van der Waals surface area contributed by atoms with Gasteiger partial charge >= 0.3 is 0 Å². The van der Waals surface area contributed by atoms with Crippen LogP contribution >= 0.6 is 11.6 Å². The minimum atomic E-state index is -0.213. The van der Waals surface area contributed by atoms with Crippen LogP contribution in [0.5, 0.6) is 0 Å². The second-order valence-electron chi connectivity index (χ2n) is 5.41. The highest BCUT2D eigenvalue weighted by Crippen LogP contribution is 2.25. The average molecular weight is 332 g/mol. The van der Waals surface area contributed by atoms with Crippen LogP contribution in [0.4, 0.5) is 11.4 Å². The van der Waals surface area contributed by atoms with E-state index in [-0.39, 0.29) is 17.7 Å². The molecule has 0 saturated heterocycles. The molecule has 120 valence electrons. The number of anilines is 2. The Bertz CT molecular complexity index is 717. The van der Waals surface area contributed by atoms with Crippen LogP contribution in [-0.2, 0) is 4.79 Å². The van der Waals surface area contributed by atoms with Gasteiger partial charge in [-0.2, -0.15) is 0 Å². The zero-order chi connectivity index (χ0) is 17.0. The summed E-state index contributed by atoms with van der Waals surface area (Å²) >= 11 is 6.10. The van der Waals surface area contributed by atoms with Gasteiger partial charge < -0.3 is 10.2 Å². The lowest BCUT2D eigenvalue weighted by molar-refractivity contribution is -0.118. The summed E-state index contributed by atoms with van der Waals surface area (Å²) in [5.41, 5.74) is 1.54. The molecular formula is C17H18ClN3O2. The van der Waals surface area contributed by atoms with Crippen molar-refractivity contribution in [2.24, 2.45) is 5.92 Å². The number of carbonyl (C=O) groups is 2. The first-order chi connectivity index (χ1) is 10.9. The number of pyridine rings is 1. The van der Waals surface area contributed by atoms with Crippen molar-refractivity contribution < 1.29 is 9.59 Å². The third-order valence-electron chi connectivity index (χ3n) is 3.33. The topological polar surface area (TPSA) is 62.3 Å². The van der Waals surface area contributed by atoms with Crippen LogP contribution in [-0.4, -0.2) is 23.8 Å². The van der Waals surface area contributed by atoms with E-state index < -0.39 is 0 Å². The van der Waals surface area contributed by atoms with Gasteiger partial charge in [0.05, 0.1) is 22.6 Å². The van der Waals surface area contributed by atoms with E-state index in [0.717, 1.165) is 0 Å². The summed E-state index contributed by atoms with van der Waals surface area (Å²) in [5.74, 6) is -0.546. The van der Waals surface area contributed by atoms with Crippen LogP contribution < -0.4 is 10.2 Å². The standard InChI is InChI=1S/C17H18ClN3O2/c1-11(2)16(22)20-15-9-12(6-7-14(15)18)17(23)21(3)13-5-4-8-19-10-13/h4-11H,1-3H3,(H,20,22). The van der Waals surface area contributed by atoms with Crippen LogP contribution in [0, 0.1) is 5.92 Å². The van der Waals surface area contributed by atoms with E-state index in [1.54, 1.807) is 63.6 Å². The number of nitrogens with zero attached hydrogens (tertiary/aromatic N) is 2. The molecule has 1 aromatic carbocycles. The molecule has 6 heteroatoms. The second-order valence-corrected chi connectivity index (χ2v) is 5.82. The molecule has 0 bridgehead atoms. The number of halogens is 1. The Balaban J connectivity index is 2.26. The van der Waals surface area contributed by atoms with Gasteiger partial charge in [-0.05, 0) is 30.3 Å². The van der Waals surface area contributed by atoms with Crippen molar-refractivity contribution in [1.29, 1.82) is 0 Å². The van der Waals surface area contributed by atoms with Crippen LogP contribution in [0.3, 0.4) is 0 Å². The Kier molecular flexibility index (Phi) is 5.34. The molecule has 1 aromatic heterocycles. The van der Waals surface area contributed by atoms with Gasteiger partial charge in [-0.3, -0.25) is 14.6 Å². The summed E-state index contributed by atoms with van der Waals surface area (Å²) in [6.07, 6.45) is 3.25. The second kappa shape index (κ2) is 7.24. The predicted molar refractivity (Wildman–Crippen MR) is 91.9 cm³/mol. The Hall–Kier alpha value is -2.40. The van der Waals surface area contributed by atoms with Gasteiger partial charge in [-0.25, -0.2) is 0 Å². The summed E-state index contributed by atoms with van der Waals surface area (Å²) in [6, 6.07) is 8.36. The molecule has 0 aliphatic rings. The Morgan fingerprint density at radius 3 is 2.61 bits per heavy atom. The van der Waals surface area contributed by atoms with Gasteiger partial charge in [0.15, 0.2) is 0 Å². The van der Waals surface area contributed by atoms with Crippen molar-refractivity contribution in [3.63, 3.8) is 0 Å². The fourth-order valence-electron chi connectivity index (χ4n) is 1.89. The zero-order valence-corrected chi connectivity index (χ0v) is 14.0. The Morgan fingerprint density at radius 2 is 2.00 bits per heavy atom. The van der Waals surface area contributed by atoms with Gasteiger partial charge in [-0.15, -0.1) is 0 Å². The maximum Gasteiger partial charge on any atom is 0.258 e. The zero-order valence-electron chi connectivity index (χ0n) is 13.2. The summed E-state index contributed by atoms with van der Waals surface area (Å²) in [6.45, 7) is 3.57. The van der Waals surface area contributed by atoms with Crippen LogP contribution in [0.25, 0.3) is 0 Å². The molecule has 0 saturated carbocycles. The maximum absolute atomic E-state index is 12.6. The number of nitrogens with one attached hydrogen (secondary N) is 1. The molecule has 2 rings (SSSR count).